The summed E-state index contributed by atoms with van der Waals surface area (Å²) < 4.78 is 16.9. The third-order valence-corrected chi connectivity index (χ3v) is 4.44. The molecule has 0 radical (unpaired) electrons. The lowest BCUT2D eigenvalue weighted by Gasteiger charge is -2.33. The van der Waals surface area contributed by atoms with Gasteiger partial charge in [0.15, 0.2) is 9.04 Å². The quantitative estimate of drug-likeness (QED) is 0.646. The van der Waals surface area contributed by atoms with Crippen molar-refractivity contribution in [1.82, 2.24) is 0 Å². The largest absolute Gasteiger partial charge is 0.497 e. The zero-order valence-electron chi connectivity index (χ0n) is 14.3. The lowest BCUT2D eigenvalue weighted by Crippen LogP contribution is -2.26. The minimum Gasteiger partial charge on any atom is -0.497 e. The van der Waals surface area contributed by atoms with Crippen LogP contribution in [0.15, 0.2) is 12.1 Å². The average Bonchev–Trinajstić information content (AvgIpc) is 2.36. The minimum atomic E-state index is -1.08. The van der Waals surface area contributed by atoms with Crippen molar-refractivity contribution in [3.63, 3.8) is 0 Å². The zero-order valence-corrected chi connectivity index (χ0v) is 15.5. The smallest absolute Gasteiger partial charge is 0.170 e. The fraction of sp³-hybridized carbons (Fsp3) is 0.625. The van der Waals surface area contributed by atoms with Crippen LogP contribution in [0.2, 0.25) is 13.1 Å². The highest BCUT2D eigenvalue weighted by Gasteiger charge is 2.30. The summed E-state index contributed by atoms with van der Waals surface area (Å²) in [5, 5.41) is 0. The van der Waals surface area contributed by atoms with Gasteiger partial charge in [-0.1, -0.05) is 20.8 Å². The van der Waals surface area contributed by atoms with E-state index in [1.54, 1.807) is 20.3 Å². The standard InChI is InChI=1S/C16H29NO3Si/c1-16(2,3)13(10-20-21(6)7)12-8-11(18-4)9-14(17)15(12)19-5/h8-9,13,21H,10,17H2,1-7H3. The van der Waals surface area contributed by atoms with Crippen LogP contribution < -0.4 is 15.2 Å². The molecule has 120 valence electrons. The Bertz CT molecular complexity index is 469. The van der Waals surface area contributed by atoms with Gasteiger partial charge in [-0.25, -0.2) is 0 Å². The van der Waals surface area contributed by atoms with E-state index in [1.165, 1.54) is 0 Å². The number of methoxy groups -OCH3 is 2. The predicted molar refractivity (Wildman–Crippen MR) is 91.0 cm³/mol. The number of anilines is 1. The fourth-order valence-corrected chi connectivity index (χ4v) is 2.93. The maximum atomic E-state index is 6.11. The number of rotatable bonds is 6. The van der Waals surface area contributed by atoms with E-state index in [1.807, 2.05) is 6.07 Å². The third-order valence-electron chi connectivity index (χ3n) is 3.58. The van der Waals surface area contributed by atoms with Gasteiger partial charge < -0.3 is 19.6 Å². The number of nitrogens with two attached hydrogens (primary N) is 1. The Balaban J connectivity index is 3.31. The molecule has 1 atom stereocenters. The van der Waals surface area contributed by atoms with E-state index in [4.69, 9.17) is 19.6 Å². The molecule has 0 saturated heterocycles. The maximum Gasteiger partial charge on any atom is 0.170 e. The Hall–Kier alpha value is -1.20. The van der Waals surface area contributed by atoms with Gasteiger partial charge in [0.25, 0.3) is 0 Å². The van der Waals surface area contributed by atoms with Crippen molar-refractivity contribution in [3.05, 3.63) is 17.7 Å². The second-order valence-electron chi connectivity index (χ2n) is 6.64. The average molecular weight is 311 g/mol. The normalized spacial score (nSPS) is 13.3. The van der Waals surface area contributed by atoms with Crippen LogP contribution in [0.1, 0.15) is 32.3 Å². The van der Waals surface area contributed by atoms with Crippen LogP contribution in [-0.4, -0.2) is 29.9 Å². The van der Waals surface area contributed by atoms with Gasteiger partial charge in [-0.15, -0.1) is 0 Å². The van der Waals surface area contributed by atoms with Crippen LogP contribution >= 0.6 is 0 Å². The second kappa shape index (κ2) is 7.18. The van der Waals surface area contributed by atoms with Gasteiger partial charge in [0.2, 0.25) is 0 Å². The van der Waals surface area contributed by atoms with Gasteiger partial charge in [0.1, 0.15) is 11.5 Å². The summed E-state index contributed by atoms with van der Waals surface area (Å²) in [6.07, 6.45) is 0. The van der Waals surface area contributed by atoms with Crippen molar-refractivity contribution in [1.29, 1.82) is 0 Å². The first-order valence-corrected chi connectivity index (χ1v) is 10.1. The molecular formula is C16H29NO3Si. The van der Waals surface area contributed by atoms with E-state index in [0.29, 0.717) is 12.3 Å². The van der Waals surface area contributed by atoms with E-state index in [0.717, 1.165) is 17.1 Å². The first kappa shape index (κ1) is 17.8. The molecule has 21 heavy (non-hydrogen) atoms. The highest BCUT2D eigenvalue weighted by molar-refractivity contribution is 6.48. The first-order chi connectivity index (χ1) is 9.70. The summed E-state index contributed by atoms with van der Waals surface area (Å²) in [6.45, 7) is 11.7. The molecule has 0 aliphatic rings. The van der Waals surface area contributed by atoms with Crippen molar-refractivity contribution < 1.29 is 13.9 Å². The van der Waals surface area contributed by atoms with Crippen molar-refractivity contribution in [2.45, 2.75) is 39.8 Å². The van der Waals surface area contributed by atoms with Gasteiger partial charge in [-0.3, -0.25) is 0 Å². The summed E-state index contributed by atoms with van der Waals surface area (Å²) in [6, 6.07) is 3.80. The van der Waals surface area contributed by atoms with E-state index >= 15 is 0 Å². The third kappa shape index (κ3) is 4.64. The number of hydrogen-bond donors (Lipinski definition) is 1. The molecule has 0 aromatic heterocycles. The van der Waals surface area contributed by atoms with Crippen LogP contribution in [0, 0.1) is 5.41 Å². The van der Waals surface area contributed by atoms with Gasteiger partial charge >= 0.3 is 0 Å². The van der Waals surface area contributed by atoms with E-state index < -0.39 is 9.04 Å². The molecule has 2 N–H and O–H groups in total. The predicted octanol–water partition coefficient (Wildman–Crippen LogP) is 3.42. The number of benzene rings is 1. The van der Waals surface area contributed by atoms with Crippen LogP contribution in [0.5, 0.6) is 11.5 Å². The molecule has 1 aromatic rings. The van der Waals surface area contributed by atoms with Crippen LogP contribution in [0.3, 0.4) is 0 Å². The zero-order chi connectivity index (χ0) is 16.2. The Morgan fingerprint density at radius 2 is 1.76 bits per heavy atom. The molecule has 0 aliphatic carbocycles. The molecule has 0 aliphatic heterocycles. The van der Waals surface area contributed by atoms with E-state index in [2.05, 4.69) is 33.9 Å². The van der Waals surface area contributed by atoms with Gasteiger partial charge in [0.05, 0.1) is 19.9 Å². The molecule has 5 heteroatoms. The van der Waals surface area contributed by atoms with Crippen LogP contribution in [0.4, 0.5) is 5.69 Å². The molecule has 1 rings (SSSR count). The molecule has 0 spiro atoms. The summed E-state index contributed by atoms with van der Waals surface area (Å²) in [5.74, 6) is 1.67. The van der Waals surface area contributed by atoms with Crippen LogP contribution in [-0.2, 0) is 4.43 Å². The monoisotopic (exact) mass is 311 g/mol. The molecule has 0 bridgehead atoms. The summed E-state index contributed by atoms with van der Waals surface area (Å²) >= 11 is 0. The summed E-state index contributed by atoms with van der Waals surface area (Å²) in [5.41, 5.74) is 7.80. The molecule has 4 nitrogen and oxygen atoms in total. The van der Waals surface area contributed by atoms with Crippen LogP contribution in [0.25, 0.3) is 0 Å². The Morgan fingerprint density at radius 1 is 1.14 bits per heavy atom. The SMILES string of the molecule is COc1cc(N)c(OC)c(C(CO[SiH](C)C)C(C)(C)C)c1. The topological polar surface area (TPSA) is 53.7 Å². The molecule has 1 unspecified atom stereocenters. The van der Waals surface area contributed by atoms with Crippen molar-refractivity contribution in [2.75, 3.05) is 26.6 Å². The Labute approximate surface area is 130 Å². The van der Waals surface area contributed by atoms with Gasteiger partial charge in [0, 0.05) is 24.2 Å². The molecular weight excluding hydrogens is 282 g/mol. The first-order valence-electron chi connectivity index (χ1n) is 7.33. The lowest BCUT2D eigenvalue weighted by molar-refractivity contribution is 0.201. The number of ether oxygens (including phenoxy) is 2. The summed E-state index contributed by atoms with van der Waals surface area (Å²) in [7, 11) is 2.22. The minimum absolute atomic E-state index is 0.0371. The fourth-order valence-electron chi connectivity index (χ4n) is 2.35. The Morgan fingerprint density at radius 3 is 2.19 bits per heavy atom. The molecule has 0 saturated carbocycles. The second-order valence-corrected chi connectivity index (χ2v) is 9.07. The van der Waals surface area contributed by atoms with Gasteiger partial charge in [-0.05, 0) is 24.6 Å². The van der Waals surface area contributed by atoms with Crippen molar-refractivity contribution >= 4 is 14.7 Å². The summed E-state index contributed by atoms with van der Waals surface area (Å²) in [4.78, 5) is 0. The molecule has 0 heterocycles. The Kier molecular flexibility index (Phi) is 6.10. The van der Waals surface area contributed by atoms with Gasteiger partial charge in [-0.2, -0.15) is 0 Å². The highest BCUT2D eigenvalue weighted by atomic mass is 28.3. The number of nitrogen functional groups attached to an aromatic ring is 1. The molecule has 1 aromatic carbocycles. The maximum absolute atomic E-state index is 6.11. The van der Waals surface area contributed by atoms with Crippen molar-refractivity contribution in [3.8, 4) is 11.5 Å². The molecule has 0 fully saturated rings. The van der Waals surface area contributed by atoms with E-state index in [-0.39, 0.29) is 11.3 Å². The number of hydrogen-bond acceptors (Lipinski definition) is 4. The van der Waals surface area contributed by atoms with E-state index in [9.17, 15) is 0 Å². The van der Waals surface area contributed by atoms with Crippen molar-refractivity contribution in [2.24, 2.45) is 5.41 Å². The molecule has 0 amide bonds. The lowest BCUT2D eigenvalue weighted by atomic mass is 9.76. The highest BCUT2D eigenvalue weighted by Crippen LogP contribution is 2.43.